The Morgan fingerprint density at radius 3 is 0.678 bits per heavy atom. The zero-order valence-electron chi connectivity index (χ0n) is 64.7. The lowest BCUT2D eigenvalue weighted by Crippen LogP contribution is -1.94. The smallest absolute Gasteiger partial charge is 0.0547 e. The first-order chi connectivity index (χ1) is 58.5. The Labute approximate surface area is 684 Å². The van der Waals surface area contributed by atoms with Crippen LogP contribution >= 0.6 is 0 Å². The molecule has 4 heteroatoms. The summed E-state index contributed by atoms with van der Waals surface area (Å²) in [5, 5.41) is 10.0. The van der Waals surface area contributed by atoms with Gasteiger partial charge in [0, 0.05) is 65.8 Å². The van der Waals surface area contributed by atoms with Crippen LogP contribution < -0.4 is 0 Å². The maximum atomic E-state index is 2.42. The summed E-state index contributed by atoms with van der Waals surface area (Å²) < 4.78 is 9.61. The molecule has 552 valence electrons. The third kappa shape index (κ3) is 12.3. The van der Waals surface area contributed by atoms with E-state index in [4.69, 9.17) is 0 Å². The van der Waals surface area contributed by atoms with Crippen molar-refractivity contribution in [2.24, 2.45) is 0 Å². The number of para-hydroxylation sites is 5. The second kappa shape index (κ2) is 29.4. The fraction of sp³-hybridized carbons (Fsp3) is 0. The number of nitrogens with zero attached hydrogens (tertiary/aromatic N) is 4. The molecule has 0 unspecified atom stereocenters. The lowest BCUT2D eigenvalue weighted by atomic mass is 9.93. The van der Waals surface area contributed by atoms with Crippen molar-refractivity contribution in [2.75, 3.05) is 0 Å². The lowest BCUT2D eigenvalue weighted by Gasteiger charge is -2.13. The van der Waals surface area contributed by atoms with Gasteiger partial charge in [-0.1, -0.05) is 309 Å². The van der Waals surface area contributed by atoms with Crippen molar-refractivity contribution in [3.8, 4) is 123 Å². The highest BCUT2D eigenvalue weighted by molar-refractivity contribution is 6.18. The van der Waals surface area contributed by atoms with Crippen LogP contribution in [0.15, 0.2) is 461 Å². The third-order valence-electron chi connectivity index (χ3n) is 23.8. The third-order valence-corrected chi connectivity index (χ3v) is 23.8. The first-order valence-corrected chi connectivity index (χ1v) is 40.6. The molecule has 23 aromatic rings. The molecule has 0 aliphatic rings. The van der Waals surface area contributed by atoms with Crippen LogP contribution in [0.1, 0.15) is 0 Å². The van der Waals surface area contributed by atoms with E-state index in [1.165, 1.54) is 193 Å². The molecule has 4 nitrogen and oxygen atoms in total. The van der Waals surface area contributed by atoms with E-state index in [0.717, 1.165) is 17.1 Å². The normalized spacial score (nSPS) is 11.6. The average Bonchev–Trinajstić information content (AvgIpc) is 1.57. The molecule has 0 aliphatic carbocycles. The number of rotatable bonds is 13. The van der Waals surface area contributed by atoms with Crippen molar-refractivity contribution in [1.82, 2.24) is 18.3 Å². The van der Waals surface area contributed by atoms with Crippen molar-refractivity contribution >= 4 is 87.2 Å². The molecule has 0 saturated heterocycles. The molecule has 0 radical (unpaired) electrons. The summed E-state index contributed by atoms with van der Waals surface area (Å²) in [6, 6.07) is 168. The Morgan fingerprint density at radius 1 is 0.110 bits per heavy atom. The SMILES string of the molecule is c1ccc(-c2cc(-c3ccccc3)cc(-c3ccc(-n4c5ccccc5c5c(-c6ccc7c(c6)c6ccccc6n7-c6ccccc6)cccc54)cc3)c2)cc1.c1ccc(-c2ccc(-n3c4ccccc4c4cc(-c5ccc6c(c5)c5ccccc5n6-c5ccc(-c6cc(-c7ccccc7)cc(-c7ccccc7)c6)cc5)ccc43)cc2)cc1. The Hall–Kier alpha value is -15.6. The molecule has 0 fully saturated rings. The Bertz CT molecular complexity index is 7590. The molecule has 0 N–H and O–H groups in total. The zero-order valence-corrected chi connectivity index (χ0v) is 64.7. The first-order valence-electron chi connectivity index (χ1n) is 40.6. The number of hydrogen-bond donors (Lipinski definition) is 0. The molecule has 0 saturated carbocycles. The monoisotopic (exact) mass is 1500 g/mol. The molecule has 118 heavy (non-hydrogen) atoms. The highest BCUT2D eigenvalue weighted by Gasteiger charge is 2.22. The van der Waals surface area contributed by atoms with E-state index < -0.39 is 0 Å². The van der Waals surface area contributed by atoms with Crippen LogP contribution in [0.25, 0.3) is 210 Å². The minimum atomic E-state index is 1.14. The fourth-order valence-corrected chi connectivity index (χ4v) is 18.2. The topological polar surface area (TPSA) is 19.7 Å². The predicted octanol–water partition coefficient (Wildman–Crippen LogP) is 30.8. The zero-order chi connectivity index (χ0) is 78.0. The van der Waals surface area contributed by atoms with Gasteiger partial charge in [0.05, 0.1) is 44.1 Å². The molecule has 4 aromatic heterocycles. The van der Waals surface area contributed by atoms with Gasteiger partial charge in [-0.15, -0.1) is 0 Å². The minimum absolute atomic E-state index is 1.14. The summed E-state index contributed by atoms with van der Waals surface area (Å²) in [5.74, 6) is 0. The molecule has 0 atom stereocenters. The van der Waals surface area contributed by atoms with Crippen LogP contribution in [-0.2, 0) is 0 Å². The van der Waals surface area contributed by atoms with Crippen LogP contribution in [0.4, 0.5) is 0 Å². The van der Waals surface area contributed by atoms with E-state index in [2.05, 4.69) is 479 Å². The van der Waals surface area contributed by atoms with Gasteiger partial charge in [0.2, 0.25) is 0 Å². The van der Waals surface area contributed by atoms with E-state index in [-0.39, 0.29) is 0 Å². The van der Waals surface area contributed by atoms with E-state index in [1.54, 1.807) is 0 Å². The van der Waals surface area contributed by atoms with E-state index in [1.807, 2.05) is 0 Å². The Kier molecular flexibility index (Phi) is 17.2. The number of benzene rings is 19. The van der Waals surface area contributed by atoms with Crippen LogP contribution in [-0.4, -0.2) is 18.3 Å². The fourth-order valence-electron chi connectivity index (χ4n) is 18.2. The maximum absolute atomic E-state index is 2.42. The van der Waals surface area contributed by atoms with Crippen LogP contribution in [0.3, 0.4) is 0 Å². The van der Waals surface area contributed by atoms with Crippen molar-refractivity contribution in [2.45, 2.75) is 0 Å². The summed E-state index contributed by atoms with van der Waals surface area (Å²) in [4.78, 5) is 0. The van der Waals surface area contributed by atoms with E-state index >= 15 is 0 Å². The number of fused-ring (bicyclic) bond motifs is 12. The highest BCUT2D eigenvalue weighted by atomic mass is 15.0. The summed E-state index contributed by atoms with van der Waals surface area (Å²) in [6.07, 6.45) is 0. The molecule has 0 bridgehead atoms. The van der Waals surface area contributed by atoms with Crippen LogP contribution in [0.5, 0.6) is 0 Å². The quantitative estimate of drug-likeness (QED) is 0.110. The number of hydrogen-bond acceptors (Lipinski definition) is 0. The second-order valence-corrected chi connectivity index (χ2v) is 30.7. The maximum Gasteiger partial charge on any atom is 0.0547 e. The van der Waals surface area contributed by atoms with Gasteiger partial charge in [-0.05, 0) is 252 Å². The lowest BCUT2D eigenvalue weighted by molar-refractivity contribution is 1.18. The van der Waals surface area contributed by atoms with Gasteiger partial charge < -0.3 is 18.3 Å². The number of aromatic nitrogens is 4. The van der Waals surface area contributed by atoms with Crippen LogP contribution in [0.2, 0.25) is 0 Å². The largest absolute Gasteiger partial charge is 0.309 e. The van der Waals surface area contributed by atoms with Crippen molar-refractivity contribution in [3.05, 3.63) is 461 Å². The molecule has 0 aliphatic heterocycles. The van der Waals surface area contributed by atoms with Gasteiger partial charge >= 0.3 is 0 Å². The molecule has 0 spiro atoms. The minimum Gasteiger partial charge on any atom is -0.309 e. The van der Waals surface area contributed by atoms with Crippen molar-refractivity contribution in [1.29, 1.82) is 0 Å². The van der Waals surface area contributed by atoms with E-state index in [9.17, 15) is 0 Å². The standard InChI is InChI=1S/C60H40N2.C54H36N2/c1-4-14-41(15-5-1)44-24-30-51(31-25-44)61-57-22-12-10-20-53(57)55-39-46(28-34-59(55)61)47-29-35-60-56(40-47)54-21-11-13-23-58(54)62(60)52-32-26-45(27-33-52)50-37-48(42-16-6-2-7-17-42)36-49(38-50)43-18-8-3-9-19-43;1-4-15-37(16-5-1)41-33-42(38-17-6-2-7-18-38)35-43(34-41)39-27-30-45(31-28-39)56-51-25-13-11-22-48(51)54-46(23-14-26-53(54)56)40-29-32-52-49(36-40)47-21-10-12-24-50(47)55(52)44-19-8-3-9-20-44/h1-40H;1-36H. The van der Waals surface area contributed by atoms with Gasteiger partial charge in [-0.3, -0.25) is 0 Å². The molecule has 0 amide bonds. The summed E-state index contributed by atoms with van der Waals surface area (Å²) in [6.45, 7) is 0. The Morgan fingerprint density at radius 2 is 0.331 bits per heavy atom. The summed E-state index contributed by atoms with van der Waals surface area (Å²) in [5.41, 5.74) is 36.0. The first kappa shape index (κ1) is 69.1. The molecular weight excluding hydrogens is 1430 g/mol. The highest BCUT2D eigenvalue weighted by Crippen LogP contribution is 2.45. The molecular formula is C114H76N4. The molecule has 23 rings (SSSR count). The predicted molar refractivity (Wildman–Crippen MR) is 499 cm³/mol. The van der Waals surface area contributed by atoms with Crippen LogP contribution in [0, 0.1) is 0 Å². The molecule has 4 heterocycles. The Balaban J connectivity index is 0.000000143. The van der Waals surface area contributed by atoms with Gasteiger partial charge in [-0.25, -0.2) is 0 Å². The van der Waals surface area contributed by atoms with Gasteiger partial charge in [-0.2, -0.15) is 0 Å². The van der Waals surface area contributed by atoms with Gasteiger partial charge in [0.25, 0.3) is 0 Å². The van der Waals surface area contributed by atoms with Gasteiger partial charge in [0.15, 0.2) is 0 Å². The summed E-state index contributed by atoms with van der Waals surface area (Å²) in [7, 11) is 0. The van der Waals surface area contributed by atoms with Gasteiger partial charge in [0.1, 0.15) is 0 Å². The van der Waals surface area contributed by atoms with Crippen molar-refractivity contribution in [3.63, 3.8) is 0 Å². The second-order valence-electron chi connectivity index (χ2n) is 30.7. The van der Waals surface area contributed by atoms with E-state index in [0.29, 0.717) is 0 Å². The summed E-state index contributed by atoms with van der Waals surface area (Å²) >= 11 is 0. The molecule has 19 aromatic carbocycles. The van der Waals surface area contributed by atoms with Crippen molar-refractivity contribution < 1.29 is 0 Å². The average molecular weight is 1500 g/mol.